The Bertz CT molecular complexity index is 671. The third-order valence-electron chi connectivity index (χ3n) is 3.08. The normalized spacial score (nSPS) is 10.3. The summed E-state index contributed by atoms with van der Waals surface area (Å²) >= 11 is 3.41. The molecule has 2 aromatic carbocycles. The van der Waals surface area contributed by atoms with E-state index < -0.39 is 5.82 Å². The summed E-state index contributed by atoms with van der Waals surface area (Å²) in [6, 6.07) is 9.51. The number of Topliss-reactive ketones (excluding diaryl/α,β-unsaturated/α-hetero) is 1. The van der Waals surface area contributed by atoms with Crippen molar-refractivity contribution in [3.05, 3.63) is 57.8 Å². The van der Waals surface area contributed by atoms with Gasteiger partial charge in [-0.2, -0.15) is 0 Å². The number of halogens is 2. The predicted molar refractivity (Wildman–Crippen MR) is 81.7 cm³/mol. The third-order valence-corrected chi connectivity index (χ3v) is 3.85. The van der Waals surface area contributed by atoms with E-state index in [4.69, 9.17) is 9.47 Å². The topological polar surface area (TPSA) is 35.5 Å². The van der Waals surface area contributed by atoms with Crippen LogP contribution in [0.4, 0.5) is 4.39 Å². The third kappa shape index (κ3) is 3.61. The van der Waals surface area contributed by atoms with Gasteiger partial charge in [-0.05, 0) is 42.0 Å². The molecule has 2 aromatic rings. The van der Waals surface area contributed by atoms with E-state index in [0.717, 1.165) is 10.0 Å². The van der Waals surface area contributed by atoms with Gasteiger partial charge in [0.1, 0.15) is 5.75 Å². The smallest absolute Gasteiger partial charge is 0.167 e. The fourth-order valence-corrected chi connectivity index (χ4v) is 2.31. The van der Waals surface area contributed by atoms with Gasteiger partial charge in [-0.15, -0.1) is 0 Å². The van der Waals surface area contributed by atoms with E-state index in [2.05, 4.69) is 15.9 Å². The van der Waals surface area contributed by atoms with Crippen LogP contribution in [0.1, 0.15) is 15.9 Å². The maximum Gasteiger partial charge on any atom is 0.167 e. The maximum absolute atomic E-state index is 13.4. The molecule has 5 heteroatoms. The number of rotatable bonds is 5. The first-order chi connectivity index (χ1) is 10.0. The van der Waals surface area contributed by atoms with Gasteiger partial charge in [0.05, 0.1) is 14.2 Å². The molecule has 2 rings (SSSR count). The number of ketones is 1. The first-order valence-electron chi connectivity index (χ1n) is 6.24. The highest BCUT2D eigenvalue weighted by molar-refractivity contribution is 9.10. The lowest BCUT2D eigenvalue weighted by Crippen LogP contribution is -2.05. The van der Waals surface area contributed by atoms with E-state index in [-0.39, 0.29) is 18.0 Å². The van der Waals surface area contributed by atoms with Crippen LogP contribution < -0.4 is 9.47 Å². The second-order valence-electron chi connectivity index (χ2n) is 4.41. The van der Waals surface area contributed by atoms with Crippen molar-refractivity contribution in [3.63, 3.8) is 0 Å². The number of benzene rings is 2. The van der Waals surface area contributed by atoms with Gasteiger partial charge in [-0.25, -0.2) is 4.39 Å². The first kappa shape index (κ1) is 15.5. The molecule has 0 aliphatic carbocycles. The van der Waals surface area contributed by atoms with E-state index in [1.54, 1.807) is 19.2 Å². The van der Waals surface area contributed by atoms with Crippen LogP contribution in [0.25, 0.3) is 0 Å². The van der Waals surface area contributed by atoms with Crippen LogP contribution in [0.2, 0.25) is 0 Å². The lowest BCUT2D eigenvalue weighted by Gasteiger charge is -2.08. The second-order valence-corrected chi connectivity index (χ2v) is 5.26. The largest absolute Gasteiger partial charge is 0.497 e. The highest BCUT2D eigenvalue weighted by atomic mass is 79.9. The first-order valence-corrected chi connectivity index (χ1v) is 7.03. The van der Waals surface area contributed by atoms with Gasteiger partial charge in [0, 0.05) is 16.5 Å². The number of ether oxygens (including phenoxy) is 2. The van der Waals surface area contributed by atoms with Crippen molar-refractivity contribution >= 4 is 21.7 Å². The molecule has 0 bridgehead atoms. The van der Waals surface area contributed by atoms with Gasteiger partial charge in [0.15, 0.2) is 17.3 Å². The minimum absolute atomic E-state index is 0.0607. The van der Waals surface area contributed by atoms with Crippen LogP contribution in [0, 0.1) is 5.82 Å². The van der Waals surface area contributed by atoms with E-state index in [1.165, 1.54) is 25.3 Å². The summed E-state index contributed by atoms with van der Waals surface area (Å²) in [4.78, 5) is 12.3. The SMILES string of the molecule is COc1ccc(Br)c(CC(=O)c2ccc(F)c(OC)c2)c1. The Balaban J connectivity index is 2.25. The number of methoxy groups -OCH3 is 2. The number of carbonyl (C=O) groups excluding carboxylic acids is 1. The summed E-state index contributed by atoms with van der Waals surface area (Å²) < 4.78 is 24.2. The van der Waals surface area contributed by atoms with E-state index >= 15 is 0 Å². The summed E-state index contributed by atoms with van der Waals surface area (Å²) in [6.45, 7) is 0. The molecule has 0 atom stereocenters. The van der Waals surface area contributed by atoms with E-state index in [1.807, 2.05) is 6.07 Å². The fourth-order valence-electron chi connectivity index (χ4n) is 1.92. The lowest BCUT2D eigenvalue weighted by atomic mass is 10.0. The second kappa shape index (κ2) is 6.72. The van der Waals surface area contributed by atoms with Gasteiger partial charge in [-0.1, -0.05) is 15.9 Å². The maximum atomic E-state index is 13.4. The molecule has 0 saturated carbocycles. The fraction of sp³-hybridized carbons (Fsp3) is 0.188. The highest BCUT2D eigenvalue weighted by Crippen LogP contribution is 2.25. The molecule has 0 fully saturated rings. The van der Waals surface area contributed by atoms with Gasteiger partial charge in [0.25, 0.3) is 0 Å². The molecule has 3 nitrogen and oxygen atoms in total. The molecule has 110 valence electrons. The monoisotopic (exact) mass is 352 g/mol. The Labute approximate surface area is 130 Å². The zero-order chi connectivity index (χ0) is 15.4. The predicted octanol–water partition coefficient (Wildman–Crippen LogP) is 4.03. The summed E-state index contributed by atoms with van der Waals surface area (Å²) in [5, 5.41) is 0. The Morgan fingerprint density at radius 3 is 2.57 bits per heavy atom. The van der Waals surface area contributed by atoms with Crippen LogP contribution in [0.5, 0.6) is 11.5 Å². The van der Waals surface area contributed by atoms with Gasteiger partial charge >= 0.3 is 0 Å². The quantitative estimate of drug-likeness (QED) is 0.762. The van der Waals surface area contributed by atoms with Gasteiger partial charge < -0.3 is 9.47 Å². The molecule has 0 N–H and O–H groups in total. The zero-order valence-electron chi connectivity index (χ0n) is 11.7. The van der Waals surface area contributed by atoms with Crippen molar-refractivity contribution in [3.8, 4) is 11.5 Å². The van der Waals surface area contributed by atoms with Crippen molar-refractivity contribution in [1.29, 1.82) is 0 Å². The van der Waals surface area contributed by atoms with Gasteiger partial charge in [-0.3, -0.25) is 4.79 Å². The molecule has 0 saturated heterocycles. The number of hydrogen-bond acceptors (Lipinski definition) is 3. The van der Waals surface area contributed by atoms with Crippen molar-refractivity contribution in [1.82, 2.24) is 0 Å². The van der Waals surface area contributed by atoms with Crippen molar-refractivity contribution in [2.75, 3.05) is 14.2 Å². The molecule has 0 aliphatic rings. The molecule has 0 aromatic heterocycles. The Hall–Kier alpha value is -1.88. The molecule has 0 aliphatic heterocycles. The van der Waals surface area contributed by atoms with Crippen molar-refractivity contribution in [2.45, 2.75) is 6.42 Å². The number of carbonyl (C=O) groups is 1. The summed E-state index contributed by atoms with van der Waals surface area (Å²) in [5.74, 6) is 0.127. The average Bonchev–Trinajstić information content (AvgIpc) is 2.49. The molecule has 0 heterocycles. The average molecular weight is 353 g/mol. The van der Waals surface area contributed by atoms with Crippen LogP contribution in [-0.2, 0) is 6.42 Å². The number of hydrogen-bond donors (Lipinski definition) is 0. The molecule has 21 heavy (non-hydrogen) atoms. The molecule has 0 spiro atoms. The standard InChI is InChI=1S/C16H14BrFO3/c1-20-12-4-5-13(17)11(7-12)8-15(19)10-3-6-14(18)16(9-10)21-2/h3-7,9H,8H2,1-2H3. The summed E-state index contributed by atoms with van der Waals surface area (Å²) in [5.41, 5.74) is 1.21. The summed E-state index contributed by atoms with van der Waals surface area (Å²) in [6.07, 6.45) is 0.187. The molecule has 0 unspecified atom stereocenters. The highest BCUT2D eigenvalue weighted by Gasteiger charge is 2.13. The zero-order valence-corrected chi connectivity index (χ0v) is 13.2. The van der Waals surface area contributed by atoms with Crippen molar-refractivity contribution in [2.24, 2.45) is 0 Å². The van der Waals surface area contributed by atoms with E-state index in [0.29, 0.717) is 11.3 Å². The Kier molecular flexibility index (Phi) is 4.96. The Morgan fingerprint density at radius 1 is 1.14 bits per heavy atom. The molecule has 0 radical (unpaired) electrons. The summed E-state index contributed by atoms with van der Waals surface area (Å²) in [7, 11) is 2.94. The minimum atomic E-state index is -0.489. The van der Waals surface area contributed by atoms with Crippen LogP contribution in [0.3, 0.4) is 0 Å². The Morgan fingerprint density at radius 2 is 1.90 bits per heavy atom. The minimum Gasteiger partial charge on any atom is -0.497 e. The molecular weight excluding hydrogens is 339 g/mol. The lowest BCUT2D eigenvalue weighted by molar-refractivity contribution is 0.0992. The van der Waals surface area contributed by atoms with Gasteiger partial charge in [0.2, 0.25) is 0 Å². The van der Waals surface area contributed by atoms with Crippen LogP contribution in [-0.4, -0.2) is 20.0 Å². The van der Waals surface area contributed by atoms with Crippen LogP contribution >= 0.6 is 15.9 Å². The van der Waals surface area contributed by atoms with Crippen LogP contribution in [0.15, 0.2) is 40.9 Å². The van der Waals surface area contributed by atoms with Crippen molar-refractivity contribution < 1.29 is 18.7 Å². The van der Waals surface area contributed by atoms with E-state index in [9.17, 15) is 9.18 Å². The molecular formula is C16H14BrFO3. The molecule has 0 amide bonds.